The molecule has 0 fully saturated rings. The first-order chi connectivity index (χ1) is 6.91. The second-order valence-electron chi connectivity index (χ2n) is 3.89. The summed E-state index contributed by atoms with van der Waals surface area (Å²) in [7, 11) is 0. The van der Waals surface area contributed by atoms with Crippen LogP contribution in [0.1, 0.15) is 64.7 Å². The monoisotopic (exact) mass is 194 g/mol. The molecule has 82 valence electrons. The molecule has 0 N–H and O–H groups in total. The maximum atomic E-state index is 3.72. The quantitative estimate of drug-likeness (QED) is 0.329. The summed E-state index contributed by atoms with van der Waals surface area (Å²) in [5, 5.41) is 0. The Morgan fingerprint density at radius 1 is 0.786 bits per heavy atom. The molecular formula is C14H26. The fraction of sp³-hybridized carbons (Fsp3) is 0.714. The van der Waals surface area contributed by atoms with Crippen LogP contribution in [0, 0.1) is 0 Å². The Morgan fingerprint density at radius 2 is 1.36 bits per heavy atom. The lowest BCUT2D eigenvalue weighted by Crippen LogP contribution is -1.75. The van der Waals surface area contributed by atoms with E-state index in [1.165, 1.54) is 57.8 Å². The normalized spacial score (nSPS) is 10.9. The van der Waals surface area contributed by atoms with Gasteiger partial charge < -0.3 is 0 Å². The molecule has 0 atom stereocenters. The molecule has 0 aliphatic rings. The van der Waals surface area contributed by atoms with Crippen molar-refractivity contribution in [3.05, 3.63) is 24.8 Å². The van der Waals surface area contributed by atoms with Crippen molar-refractivity contribution in [2.24, 2.45) is 0 Å². The van der Waals surface area contributed by atoms with Gasteiger partial charge in [-0.3, -0.25) is 0 Å². The Hall–Kier alpha value is -0.520. The molecule has 0 unspecified atom stereocenters. The number of hydrogen-bond donors (Lipinski definition) is 0. The highest BCUT2D eigenvalue weighted by molar-refractivity contribution is 4.81. The largest absolute Gasteiger partial charge is 0.103 e. The molecule has 0 amide bonds. The molecule has 0 heterocycles. The van der Waals surface area contributed by atoms with Crippen molar-refractivity contribution in [1.29, 1.82) is 0 Å². The molecule has 0 aliphatic carbocycles. The summed E-state index contributed by atoms with van der Waals surface area (Å²) in [5.74, 6) is 0. The van der Waals surface area contributed by atoms with E-state index < -0.39 is 0 Å². The zero-order chi connectivity index (χ0) is 10.5. The van der Waals surface area contributed by atoms with Crippen molar-refractivity contribution < 1.29 is 0 Å². The molecule has 0 saturated heterocycles. The highest BCUT2D eigenvalue weighted by atomic mass is 13.9. The van der Waals surface area contributed by atoms with E-state index in [1.54, 1.807) is 0 Å². The topological polar surface area (TPSA) is 0 Å². The van der Waals surface area contributed by atoms with Gasteiger partial charge in [-0.25, -0.2) is 0 Å². The van der Waals surface area contributed by atoms with E-state index in [4.69, 9.17) is 0 Å². The van der Waals surface area contributed by atoms with E-state index in [1.807, 2.05) is 6.08 Å². The minimum absolute atomic E-state index is 1.17. The Balaban J connectivity index is 2.99. The predicted molar refractivity (Wildman–Crippen MR) is 66.6 cm³/mol. The minimum atomic E-state index is 1.17. The fourth-order valence-corrected chi connectivity index (χ4v) is 1.48. The third kappa shape index (κ3) is 11.5. The van der Waals surface area contributed by atoms with E-state index in [-0.39, 0.29) is 0 Å². The van der Waals surface area contributed by atoms with E-state index >= 15 is 0 Å². The molecule has 0 bridgehead atoms. The zero-order valence-electron chi connectivity index (χ0n) is 9.80. The zero-order valence-corrected chi connectivity index (χ0v) is 9.80. The van der Waals surface area contributed by atoms with Gasteiger partial charge in [0.05, 0.1) is 0 Å². The number of hydrogen-bond acceptors (Lipinski definition) is 0. The Labute approximate surface area is 90.1 Å². The molecule has 0 nitrogen and oxygen atoms in total. The van der Waals surface area contributed by atoms with E-state index in [0.717, 1.165) is 0 Å². The summed E-state index contributed by atoms with van der Waals surface area (Å²) >= 11 is 0. The van der Waals surface area contributed by atoms with Crippen LogP contribution in [0.15, 0.2) is 24.8 Å². The first-order valence-corrected chi connectivity index (χ1v) is 6.17. The lowest BCUT2D eigenvalue weighted by atomic mass is 10.1. The molecule has 0 heteroatoms. The summed E-state index contributed by atoms with van der Waals surface area (Å²) in [6.07, 6.45) is 18.5. The van der Waals surface area contributed by atoms with Gasteiger partial charge in [-0.05, 0) is 38.5 Å². The molecule has 0 aromatic heterocycles. The van der Waals surface area contributed by atoms with Gasteiger partial charge >= 0.3 is 0 Å². The number of rotatable bonds is 10. The Bertz CT molecular complexity index is 133. The maximum absolute atomic E-state index is 3.72. The van der Waals surface area contributed by atoms with Crippen molar-refractivity contribution >= 4 is 0 Å². The van der Waals surface area contributed by atoms with Crippen molar-refractivity contribution in [3.63, 3.8) is 0 Å². The molecule has 0 aromatic carbocycles. The van der Waals surface area contributed by atoms with E-state index in [2.05, 4.69) is 25.7 Å². The lowest BCUT2D eigenvalue weighted by molar-refractivity contribution is 0.673. The van der Waals surface area contributed by atoms with Gasteiger partial charge in [-0.2, -0.15) is 0 Å². The first-order valence-electron chi connectivity index (χ1n) is 6.17. The lowest BCUT2D eigenvalue weighted by Gasteiger charge is -1.95. The van der Waals surface area contributed by atoms with Crippen molar-refractivity contribution in [2.45, 2.75) is 64.7 Å². The smallest absolute Gasteiger partial charge is 0.0351 e. The Kier molecular flexibility index (Phi) is 12.0. The molecule has 0 saturated carbocycles. The van der Waals surface area contributed by atoms with Crippen LogP contribution in [0.2, 0.25) is 0 Å². The summed E-state index contributed by atoms with van der Waals surface area (Å²) in [6, 6.07) is 0. The maximum Gasteiger partial charge on any atom is -0.0351 e. The van der Waals surface area contributed by atoms with Gasteiger partial charge in [0, 0.05) is 0 Å². The van der Waals surface area contributed by atoms with E-state index in [9.17, 15) is 0 Å². The van der Waals surface area contributed by atoms with Crippen LogP contribution in [-0.4, -0.2) is 0 Å². The Morgan fingerprint density at radius 3 is 1.93 bits per heavy atom. The van der Waals surface area contributed by atoms with Gasteiger partial charge in [-0.15, -0.1) is 6.58 Å². The van der Waals surface area contributed by atoms with Crippen molar-refractivity contribution in [2.75, 3.05) is 0 Å². The minimum Gasteiger partial charge on any atom is -0.103 e. The van der Waals surface area contributed by atoms with Gasteiger partial charge in [0.2, 0.25) is 0 Å². The molecule has 0 radical (unpaired) electrons. The fourth-order valence-electron chi connectivity index (χ4n) is 1.48. The summed E-state index contributed by atoms with van der Waals surface area (Å²) in [5.41, 5.74) is 0. The average molecular weight is 194 g/mol. The second kappa shape index (κ2) is 12.5. The van der Waals surface area contributed by atoms with Crippen molar-refractivity contribution in [3.8, 4) is 0 Å². The molecular weight excluding hydrogens is 168 g/mol. The van der Waals surface area contributed by atoms with Crippen LogP contribution in [0.3, 0.4) is 0 Å². The van der Waals surface area contributed by atoms with Crippen LogP contribution in [0.4, 0.5) is 0 Å². The van der Waals surface area contributed by atoms with Crippen LogP contribution in [-0.2, 0) is 0 Å². The standard InChI is InChI=1S/C14H26/c1-3-5-7-9-11-13-14-12-10-8-6-4-2/h3,13-14H,1,4-12H2,2H3/b14-13+. The first kappa shape index (κ1) is 13.5. The van der Waals surface area contributed by atoms with Crippen molar-refractivity contribution in [1.82, 2.24) is 0 Å². The summed E-state index contributed by atoms with van der Waals surface area (Å²) in [4.78, 5) is 0. The molecule has 14 heavy (non-hydrogen) atoms. The average Bonchev–Trinajstić information content (AvgIpc) is 2.21. The van der Waals surface area contributed by atoms with Gasteiger partial charge in [0.15, 0.2) is 0 Å². The number of allylic oxidation sites excluding steroid dienone is 3. The van der Waals surface area contributed by atoms with Crippen LogP contribution < -0.4 is 0 Å². The third-order valence-corrected chi connectivity index (χ3v) is 2.42. The molecule has 0 aromatic rings. The summed E-state index contributed by atoms with van der Waals surface area (Å²) in [6.45, 7) is 5.98. The van der Waals surface area contributed by atoms with Crippen LogP contribution in [0.25, 0.3) is 0 Å². The van der Waals surface area contributed by atoms with Gasteiger partial charge in [0.1, 0.15) is 0 Å². The van der Waals surface area contributed by atoms with Gasteiger partial charge in [-0.1, -0.05) is 44.4 Å². The molecule has 0 spiro atoms. The second-order valence-corrected chi connectivity index (χ2v) is 3.89. The predicted octanol–water partition coefficient (Wildman–Crippen LogP) is 5.26. The number of unbranched alkanes of at least 4 members (excludes halogenated alkanes) is 7. The highest BCUT2D eigenvalue weighted by Gasteiger charge is 1.85. The SMILES string of the molecule is C=CCCCC/C=C/CCCCCC. The van der Waals surface area contributed by atoms with Crippen LogP contribution in [0.5, 0.6) is 0 Å². The summed E-state index contributed by atoms with van der Waals surface area (Å²) < 4.78 is 0. The molecule has 0 aliphatic heterocycles. The van der Waals surface area contributed by atoms with Crippen LogP contribution >= 0.6 is 0 Å². The third-order valence-electron chi connectivity index (χ3n) is 2.42. The highest BCUT2D eigenvalue weighted by Crippen LogP contribution is 2.05. The van der Waals surface area contributed by atoms with E-state index in [0.29, 0.717) is 0 Å². The molecule has 0 rings (SSSR count). The van der Waals surface area contributed by atoms with Gasteiger partial charge in [0.25, 0.3) is 0 Å².